The van der Waals surface area contributed by atoms with Crippen LogP contribution < -0.4 is 0 Å². The predicted molar refractivity (Wildman–Crippen MR) is 78.0 cm³/mol. The summed E-state index contributed by atoms with van der Waals surface area (Å²) >= 11 is 1.76. The van der Waals surface area contributed by atoms with E-state index in [4.69, 9.17) is 0 Å². The molecule has 0 aromatic carbocycles. The van der Waals surface area contributed by atoms with Gasteiger partial charge in [-0.3, -0.25) is 4.79 Å². The van der Waals surface area contributed by atoms with Gasteiger partial charge in [-0.05, 0) is 43.5 Å². The largest absolute Gasteiger partial charge is 0.342 e. The Kier molecular flexibility index (Phi) is 4.59. The lowest BCUT2D eigenvalue weighted by atomic mass is 9.78. The number of likely N-dealkylation sites (tertiary alicyclic amines) is 2. The van der Waals surface area contributed by atoms with Crippen LogP contribution in [0.3, 0.4) is 0 Å². The Labute approximate surface area is 115 Å². The second-order valence-corrected chi connectivity index (χ2v) is 7.79. The first-order valence-corrected chi connectivity index (χ1v) is 8.14. The molecule has 2 aliphatic heterocycles. The molecule has 0 saturated carbocycles. The minimum atomic E-state index is 0.343. The Morgan fingerprint density at radius 2 is 1.83 bits per heavy atom. The summed E-state index contributed by atoms with van der Waals surface area (Å²) in [6, 6.07) is 0. The number of thioether (sulfide) groups is 1. The van der Waals surface area contributed by atoms with Gasteiger partial charge in [-0.25, -0.2) is 0 Å². The zero-order valence-electron chi connectivity index (χ0n) is 11.9. The van der Waals surface area contributed by atoms with Crippen LogP contribution in [0.25, 0.3) is 0 Å². The second-order valence-electron chi connectivity index (χ2n) is 6.23. The smallest absolute Gasteiger partial charge is 0.232 e. The molecular formula is C14H26N2OS. The fourth-order valence-corrected chi connectivity index (χ4v) is 3.79. The van der Waals surface area contributed by atoms with Crippen molar-refractivity contribution in [1.29, 1.82) is 0 Å². The lowest BCUT2D eigenvalue weighted by Crippen LogP contribution is -2.44. The molecule has 1 amide bonds. The number of carbonyl (C=O) groups is 1. The van der Waals surface area contributed by atoms with Gasteiger partial charge in [0.15, 0.2) is 0 Å². The van der Waals surface area contributed by atoms with Crippen molar-refractivity contribution in [2.45, 2.75) is 38.4 Å². The lowest BCUT2D eigenvalue weighted by molar-refractivity contribution is -0.130. The fraction of sp³-hybridized carbons (Fsp3) is 0.929. The normalized spacial score (nSPS) is 24.1. The summed E-state index contributed by atoms with van der Waals surface area (Å²) in [4.78, 5) is 16.6. The molecule has 3 nitrogen and oxygen atoms in total. The standard InChI is InChI=1S/C14H26N2OS/c1-12(2)18-10-13(17)16-8-5-14(6-9-16)4-7-15(3)11-14/h12H,4-11H2,1-3H3. The quantitative estimate of drug-likeness (QED) is 0.784. The van der Waals surface area contributed by atoms with Crippen molar-refractivity contribution in [3.63, 3.8) is 0 Å². The van der Waals surface area contributed by atoms with E-state index in [2.05, 4.69) is 30.7 Å². The summed E-state index contributed by atoms with van der Waals surface area (Å²) in [5.74, 6) is 1.000. The third-order valence-corrected chi connectivity index (χ3v) is 5.43. The molecule has 0 aromatic heterocycles. The maximum atomic E-state index is 12.1. The van der Waals surface area contributed by atoms with Crippen LogP contribution >= 0.6 is 11.8 Å². The highest BCUT2D eigenvalue weighted by Gasteiger charge is 2.39. The number of hydrogen-bond donors (Lipinski definition) is 0. The average Bonchev–Trinajstić information content (AvgIpc) is 2.68. The molecule has 0 bridgehead atoms. The first-order valence-electron chi connectivity index (χ1n) is 7.09. The van der Waals surface area contributed by atoms with E-state index in [0.29, 0.717) is 22.3 Å². The van der Waals surface area contributed by atoms with Crippen LogP contribution in [0, 0.1) is 5.41 Å². The topological polar surface area (TPSA) is 23.6 Å². The Morgan fingerprint density at radius 3 is 2.33 bits per heavy atom. The molecule has 18 heavy (non-hydrogen) atoms. The molecule has 0 atom stereocenters. The second kappa shape index (κ2) is 5.83. The first-order chi connectivity index (χ1) is 8.51. The van der Waals surface area contributed by atoms with Crippen LogP contribution in [0.5, 0.6) is 0 Å². The minimum Gasteiger partial charge on any atom is -0.342 e. The maximum Gasteiger partial charge on any atom is 0.232 e. The van der Waals surface area contributed by atoms with Gasteiger partial charge in [-0.15, -0.1) is 11.8 Å². The molecule has 2 heterocycles. The lowest BCUT2D eigenvalue weighted by Gasteiger charge is -2.39. The first kappa shape index (κ1) is 14.2. The van der Waals surface area contributed by atoms with Gasteiger partial charge in [0, 0.05) is 19.6 Å². The molecule has 2 rings (SSSR count). The van der Waals surface area contributed by atoms with Crippen molar-refractivity contribution in [3.8, 4) is 0 Å². The molecule has 104 valence electrons. The Morgan fingerprint density at radius 1 is 1.22 bits per heavy atom. The number of hydrogen-bond acceptors (Lipinski definition) is 3. The van der Waals surface area contributed by atoms with E-state index in [0.717, 1.165) is 13.1 Å². The van der Waals surface area contributed by atoms with Crippen LogP contribution in [0.15, 0.2) is 0 Å². The summed E-state index contributed by atoms with van der Waals surface area (Å²) in [6.45, 7) is 8.72. The van der Waals surface area contributed by atoms with Crippen molar-refractivity contribution >= 4 is 17.7 Å². The highest BCUT2D eigenvalue weighted by Crippen LogP contribution is 2.39. The molecule has 2 aliphatic rings. The molecule has 0 N–H and O–H groups in total. The van der Waals surface area contributed by atoms with Gasteiger partial charge < -0.3 is 9.80 Å². The summed E-state index contributed by atoms with van der Waals surface area (Å²) in [5.41, 5.74) is 0.525. The van der Waals surface area contributed by atoms with Gasteiger partial charge in [0.05, 0.1) is 5.75 Å². The number of nitrogens with zero attached hydrogens (tertiary/aromatic N) is 2. The van der Waals surface area contributed by atoms with Gasteiger partial charge in [0.2, 0.25) is 5.91 Å². The molecule has 0 aromatic rings. The van der Waals surface area contributed by atoms with E-state index in [-0.39, 0.29) is 0 Å². The number of rotatable bonds is 3. The third kappa shape index (κ3) is 3.41. The molecule has 2 saturated heterocycles. The van der Waals surface area contributed by atoms with Crippen molar-refractivity contribution < 1.29 is 4.79 Å². The number of amides is 1. The molecule has 1 spiro atoms. The third-order valence-electron chi connectivity index (χ3n) is 4.35. The Hall–Kier alpha value is -0.220. The number of piperidine rings is 1. The molecule has 0 aliphatic carbocycles. The van der Waals surface area contributed by atoms with E-state index in [9.17, 15) is 4.79 Å². The van der Waals surface area contributed by atoms with E-state index in [1.807, 2.05) is 0 Å². The molecule has 0 unspecified atom stereocenters. The van der Waals surface area contributed by atoms with E-state index >= 15 is 0 Å². The average molecular weight is 270 g/mol. The summed E-state index contributed by atoms with van der Waals surface area (Å²) < 4.78 is 0. The van der Waals surface area contributed by atoms with Gasteiger partial charge in [0.25, 0.3) is 0 Å². The van der Waals surface area contributed by atoms with Gasteiger partial charge in [-0.1, -0.05) is 13.8 Å². The highest BCUT2D eigenvalue weighted by molar-refractivity contribution is 8.00. The van der Waals surface area contributed by atoms with Crippen LogP contribution in [0.4, 0.5) is 0 Å². The Balaban J connectivity index is 1.78. The van der Waals surface area contributed by atoms with Gasteiger partial charge in [0.1, 0.15) is 0 Å². The summed E-state index contributed by atoms with van der Waals surface area (Å²) in [5, 5.41) is 0.550. The van der Waals surface area contributed by atoms with Crippen molar-refractivity contribution in [3.05, 3.63) is 0 Å². The monoisotopic (exact) mass is 270 g/mol. The SMILES string of the molecule is CC(C)SCC(=O)N1CCC2(CCN(C)C2)CC1. The van der Waals surface area contributed by atoms with Crippen molar-refractivity contribution in [1.82, 2.24) is 9.80 Å². The minimum absolute atomic E-state index is 0.343. The molecule has 0 radical (unpaired) electrons. The van der Waals surface area contributed by atoms with Crippen LogP contribution in [0.1, 0.15) is 33.1 Å². The van der Waals surface area contributed by atoms with Crippen LogP contribution in [-0.4, -0.2) is 59.9 Å². The maximum absolute atomic E-state index is 12.1. The molecule has 4 heteroatoms. The van der Waals surface area contributed by atoms with Crippen molar-refractivity contribution in [2.24, 2.45) is 5.41 Å². The van der Waals surface area contributed by atoms with Crippen LogP contribution in [-0.2, 0) is 4.79 Å². The van der Waals surface area contributed by atoms with Crippen molar-refractivity contribution in [2.75, 3.05) is 39.0 Å². The van der Waals surface area contributed by atoms with Gasteiger partial charge in [-0.2, -0.15) is 0 Å². The summed E-state index contributed by atoms with van der Waals surface area (Å²) in [6.07, 6.45) is 3.73. The Bertz CT molecular complexity index is 298. The molecule has 2 fully saturated rings. The zero-order chi connectivity index (χ0) is 13.2. The van der Waals surface area contributed by atoms with E-state index in [1.165, 1.54) is 32.4 Å². The number of carbonyl (C=O) groups excluding carboxylic acids is 1. The predicted octanol–water partition coefficient (Wildman–Crippen LogP) is 2.07. The van der Waals surface area contributed by atoms with E-state index < -0.39 is 0 Å². The highest BCUT2D eigenvalue weighted by atomic mass is 32.2. The van der Waals surface area contributed by atoms with E-state index in [1.54, 1.807) is 11.8 Å². The fourth-order valence-electron chi connectivity index (χ4n) is 3.13. The van der Waals surface area contributed by atoms with Gasteiger partial charge >= 0.3 is 0 Å². The van der Waals surface area contributed by atoms with Crippen LogP contribution in [0.2, 0.25) is 0 Å². The molecular weight excluding hydrogens is 244 g/mol. The zero-order valence-corrected chi connectivity index (χ0v) is 12.8. The summed E-state index contributed by atoms with van der Waals surface area (Å²) in [7, 11) is 2.21.